The molecule has 102 valence electrons. The average Bonchev–Trinajstić information content (AvgIpc) is 2.49. The number of pyridine rings is 1. The Kier molecular flexibility index (Phi) is 5.24. The first-order valence-electron chi connectivity index (χ1n) is 6.53. The summed E-state index contributed by atoms with van der Waals surface area (Å²) >= 11 is 0. The molecule has 2 rings (SSSR count). The first-order valence-corrected chi connectivity index (χ1v) is 6.53. The van der Waals surface area contributed by atoms with Gasteiger partial charge in [0.25, 0.3) is 0 Å². The van der Waals surface area contributed by atoms with Gasteiger partial charge in [-0.1, -0.05) is 18.2 Å². The van der Waals surface area contributed by atoms with Crippen molar-refractivity contribution in [3.05, 3.63) is 65.5 Å². The van der Waals surface area contributed by atoms with E-state index in [2.05, 4.69) is 16.0 Å². The topological polar surface area (TPSA) is 60.2 Å². The van der Waals surface area contributed by atoms with Crippen LogP contribution in [0, 0.1) is 11.3 Å². The van der Waals surface area contributed by atoms with Crippen LogP contribution in [-0.4, -0.2) is 28.1 Å². The number of hydrogen-bond acceptors (Lipinski definition) is 4. The lowest BCUT2D eigenvalue weighted by molar-refractivity contribution is 0.184. The molecule has 1 aromatic heterocycles. The minimum Gasteiger partial charge on any atom is -0.395 e. The molecule has 0 unspecified atom stereocenters. The maximum absolute atomic E-state index is 9.17. The molecule has 0 saturated carbocycles. The van der Waals surface area contributed by atoms with Crippen molar-refractivity contribution in [1.82, 2.24) is 9.88 Å². The van der Waals surface area contributed by atoms with E-state index in [-0.39, 0.29) is 6.61 Å². The van der Waals surface area contributed by atoms with Gasteiger partial charge in [-0.25, -0.2) is 0 Å². The summed E-state index contributed by atoms with van der Waals surface area (Å²) in [4.78, 5) is 6.25. The summed E-state index contributed by atoms with van der Waals surface area (Å²) in [6, 6.07) is 13.6. The molecule has 0 aliphatic carbocycles. The Balaban J connectivity index is 2.03. The monoisotopic (exact) mass is 267 g/mol. The first kappa shape index (κ1) is 14.2. The van der Waals surface area contributed by atoms with Gasteiger partial charge in [-0.3, -0.25) is 9.88 Å². The van der Waals surface area contributed by atoms with Crippen molar-refractivity contribution in [1.29, 1.82) is 5.26 Å². The maximum atomic E-state index is 9.17. The van der Waals surface area contributed by atoms with Gasteiger partial charge in [-0.2, -0.15) is 5.26 Å². The van der Waals surface area contributed by atoms with E-state index in [1.807, 2.05) is 42.6 Å². The fourth-order valence-electron chi connectivity index (χ4n) is 2.05. The zero-order valence-electron chi connectivity index (χ0n) is 11.2. The number of aromatic nitrogens is 1. The molecule has 1 N–H and O–H groups in total. The molecule has 0 radical (unpaired) electrons. The van der Waals surface area contributed by atoms with Gasteiger partial charge in [0.1, 0.15) is 0 Å². The number of aliphatic hydroxyl groups is 1. The largest absolute Gasteiger partial charge is 0.395 e. The third-order valence-electron chi connectivity index (χ3n) is 3.03. The lowest BCUT2D eigenvalue weighted by atomic mass is 10.1. The van der Waals surface area contributed by atoms with Gasteiger partial charge in [0.15, 0.2) is 0 Å². The van der Waals surface area contributed by atoms with E-state index in [0.29, 0.717) is 12.1 Å². The summed E-state index contributed by atoms with van der Waals surface area (Å²) in [6.45, 7) is 2.21. The highest BCUT2D eigenvalue weighted by Crippen LogP contribution is 2.10. The molecule has 1 heterocycles. The molecular weight excluding hydrogens is 250 g/mol. The van der Waals surface area contributed by atoms with Crippen LogP contribution in [0.2, 0.25) is 0 Å². The summed E-state index contributed by atoms with van der Waals surface area (Å²) in [6.07, 6.45) is 3.59. The van der Waals surface area contributed by atoms with Crippen LogP contribution in [0.4, 0.5) is 0 Å². The number of benzene rings is 1. The van der Waals surface area contributed by atoms with Gasteiger partial charge in [0.05, 0.1) is 18.2 Å². The molecule has 4 heteroatoms. The summed E-state index contributed by atoms with van der Waals surface area (Å²) < 4.78 is 0. The molecule has 0 saturated heterocycles. The molecule has 20 heavy (non-hydrogen) atoms. The second-order valence-electron chi connectivity index (χ2n) is 4.60. The van der Waals surface area contributed by atoms with Crippen LogP contribution in [0.25, 0.3) is 0 Å². The van der Waals surface area contributed by atoms with Crippen molar-refractivity contribution in [2.45, 2.75) is 13.1 Å². The highest BCUT2D eigenvalue weighted by molar-refractivity contribution is 5.31. The molecule has 1 aromatic carbocycles. The number of rotatable bonds is 6. The van der Waals surface area contributed by atoms with E-state index in [0.717, 1.165) is 24.2 Å². The summed E-state index contributed by atoms with van der Waals surface area (Å²) in [5, 5.41) is 18.0. The molecule has 0 spiro atoms. The normalized spacial score (nSPS) is 10.4. The Hall–Kier alpha value is -2.22. The molecule has 4 nitrogen and oxygen atoms in total. The van der Waals surface area contributed by atoms with Crippen molar-refractivity contribution in [2.75, 3.05) is 13.2 Å². The van der Waals surface area contributed by atoms with Crippen molar-refractivity contribution < 1.29 is 5.11 Å². The Morgan fingerprint density at radius 1 is 1.10 bits per heavy atom. The van der Waals surface area contributed by atoms with Crippen molar-refractivity contribution >= 4 is 0 Å². The number of nitriles is 1. The molecular formula is C16H17N3O. The Bertz CT molecular complexity index is 561. The Labute approximate surface area is 118 Å². The van der Waals surface area contributed by atoms with Gasteiger partial charge in [0.2, 0.25) is 0 Å². The lowest BCUT2D eigenvalue weighted by Gasteiger charge is -2.21. The molecule has 2 aromatic rings. The zero-order valence-corrected chi connectivity index (χ0v) is 11.2. The van der Waals surface area contributed by atoms with E-state index < -0.39 is 0 Å². The fraction of sp³-hybridized carbons (Fsp3) is 0.250. The number of nitrogens with zero attached hydrogens (tertiary/aromatic N) is 3. The third kappa shape index (κ3) is 4.16. The Morgan fingerprint density at radius 3 is 2.45 bits per heavy atom. The molecule has 0 bridgehead atoms. The zero-order chi connectivity index (χ0) is 14.2. The van der Waals surface area contributed by atoms with Crippen LogP contribution in [0.1, 0.15) is 16.7 Å². The number of hydrogen-bond donors (Lipinski definition) is 1. The lowest BCUT2D eigenvalue weighted by Crippen LogP contribution is -2.26. The van der Waals surface area contributed by atoms with Crippen LogP contribution in [-0.2, 0) is 13.1 Å². The van der Waals surface area contributed by atoms with Gasteiger partial charge in [-0.05, 0) is 29.3 Å². The summed E-state index contributed by atoms with van der Waals surface area (Å²) in [5.41, 5.74) is 2.91. The van der Waals surface area contributed by atoms with Crippen LogP contribution >= 0.6 is 0 Å². The standard InChI is InChI=1S/C16H17N3O/c17-10-14-3-5-15(6-4-14)12-19(8-9-20)13-16-2-1-7-18-11-16/h1-7,11,20H,8-9,12-13H2. The summed E-state index contributed by atoms with van der Waals surface area (Å²) in [7, 11) is 0. The first-order chi connectivity index (χ1) is 9.81. The predicted molar refractivity (Wildman–Crippen MR) is 76.6 cm³/mol. The maximum Gasteiger partial charge on any atom is 0.0991 e. The second kappa shape index (κ2) is 7.39. The predicted octanol–water partition coefficient (Wildman–Crippen LogP) is 1.95. The van der Waals surface area contributed by atoms with Crippen LogP contribution in [0.5, 0.6) is 0 Å². The van der Waals surface area contributed by atoms with Crippen molar-refractivity contribution in [3.8, 4) is 6.07 Å². The average molecular weight is 267 g/mol. The van der Waals surface area contributed by atoms with E-state index >= 15 is 0 Å². The smallest absolute Gasteiger partial charge is 0.0991 e. The van der Waals surface area contributed by atoms with Gasteiger partial charge in [0, 0.05) is 32.0 Å². The van der Waals surface area contributed by atoms with E-state index in [9.17, 15) is 5.11 Å². The van der Waals surface area contributed by atoms with Gasteiger partial charge < -0.3 is 5.11 Å². The van der Waals surface area contributed by atoms with E-state index in [1.165, 1.54) is 0 Å². The molecule has 0 atom stereocenters. The molecule has 0 aliphatic rings. The molecule has 0 aliphatic heterocycles. The van der Waals surface area contributed by atoms with Crippen LogP contribution in [0.15, 0.2) is 48.8 Å². The highest BCUT2D eigenvalue weighted by Gasteiger charge is 2.07. The van der Waals surface area contributed by atoms with Crippen LogP contribution < -0.4 is 0 Å². The van der Waals surface area contributed by atoms with Gasteiger partial charge >= 0.3 is 0 Å². The molecule has 0 fully saturated rings. The van der Waals surface area contributed by atoms with Gasteiger partial charge in [-0.15, -0.1) is 0 Å². The van der Waals surface area contributed by atoms with E-state index in [4.69, 9.17) is 5.26 Å². The Morgan fingerprint density at radius 2 is 1.85 bits per heavy atom. The summed E-state index contributed by atoms with van der Waals surface area (Å²) in [5.74, 6) is 0. The third-order valence-corrected chi connectivity index (χ3v) is 3.03. The van der Waals surface area contributed by atoms with Crippen molar-refractivity contribution in [3.63, 3.8) is 0 Å². The minimum absolute atomic E-state index is 0.122. The van der Waals surface area contributed by atoms with E-state index in [1.54, 1.807) is 6.20 Å². The van der Waals surface area contributed by atoms with Crippen LogP contribution in [0.3, 0.4) is 0 Å². The van der Waals surface area contributed by atoms with Crippen molar-refractivity contribution in [2.24, 2.45) is 0 Å². The quantitative estimate of drug-likeness (QED) is 0.869. The number of aliphatic hydroxyl groups excluding tert-OH is 1. The highest BCUT2D eigenvalue weighted by atomic mass is 16.3. The fourth-order valence-corrected chi connectivity index (χ4v) is 2.05. The minimum atomic E-state index is 0.122. The SMILES string of the molecule is N#Cc1ccc(CN(CCO)Cc2cccnc2)cc1. The molecule has 0 amide bonds. The second-order valence-corrected chi connectivity index (χ2v) is 4.60.